The van der Waals surface area contributed by atoms with E-state index in [4.69, 9.17) is 11.6 Å². The van der Waals surface area contributed by atoms with Gasteiger partial charge in [-0.05, 0) is 67.6 Å². The first-order chi connectivity index (χ1) is 17.6. The van der Waals surface area contributed by atoms with Crippen molar-refractivity contribution in [2.45, 2.75) is 81.3 Å². The second-order valence-electron chi connectivity index (χ2n) is 11.6. The number of likely N-dealkylation sites (tertiary alicyclic amines) is 1. The summed E-state index contributed by atoms with van der Waals surface area (Å²) in [4.78, 5) is 21.3. The molecule has 5 nitrogen and oxygen atoms in total. The minimum Gasteiger partial charge on any atom is -0.387 e. The van der Waals surface area contributed by atoms with Gasteiger partial charge in [0.15, 0.2) is 0 Å². The van der Waals surface area contributed by atoms with Crippen LogP contribution in [0.25, 0.3) is 0 Å². The molecule has 1 amide bonds. The van der Waals surface area contributed by atoms with Crippen LogP contribution in [0.4, 0.5) is 0 Å². The maximum Gasteiger partial charge on any atom is 0.228 e. The van der Waals surface area contributed by atoms with Crippen LogP contribution >= 0.6 is 11.6 Å². The number of aromatic nitrogens is 1. The Hall–Kier alpha value is -1.95. The number of aliphatic hydroxyl groups is 1. The number of hydrogen-bond acceptors (Lipinski definition) is 4. The van der Waals surface area contributed by atoms with E-state index in [9.17, 15) is 9.90 Å². The van der Waals surface area contributed by atoms with E-state index in [0.717, 1.165) is 37.9 Å². The highest BCUT2D eigenvalue weighted by atomic mass is 35.5. The predicted molar refractivity (Wildman–Crippen MR) is 142 cm³/mol. The standard InChI is InChI=1S/C30H38ClN3O2/c31-27-12-11-23-28(33-27)26(35)13-15-30(23)19-32-18-24(30)29(36)34-16-14-22(20-7-3-1-4-8-20)17-25(34)21-9-5-2-6-10-21/h1,3-4,7-8,11-12,21-22,24-26,32,35H,2,5-6,9-10,13-19H2/t22-,24+,25+,26?,30+/m1/s1. The summed E-state index contributed by atoms with van der Waals surface area (Å²) in [6.07, 6.45) is 9.26. The molecule has 4 aliphatic rings. The number of nitrogens with one attached hydrogen (secondary N) is 1. The van der Waals surface area contributed by atoms with Gasteiger partial charge < -0.3 is 15.3 Å². The first kappa shape index (κ1) is 24.4. The van der Waals surface area contributed by atoms with Crippen molar-refractivity contribution < 1.29 is 9.90 Å². The van der Waals surface area contributed by atoms with Gasteiger partial charge in [0.05, 0.1) is 17.7 Å². The van der Waals surface area contributed by atoms with Gasteiger partial charge in [0, 0.05) is 31.1 Å². The summed E-state index contributed by atoms with van der Waals surface area (Å²) < 4.78 is 0. The molecule has 3 heterocycles. The molecule has 0 radical (unpaired) electrons. The molecule has 1 aromatic heterocycles. The first-order valence-electron chi connectivity index (χ1n) is 14.0. The number of halogens is 1. The van der Waals surface area contributed by atoms with Crippen LogP contribution in [-0.4, -0.2) is 46.6 Å². The minimum atomic E-state index is -0.614. The van der Waals surface area contributed by atoms with Gasteiger partial charge in [0.1, 0.15) is 5.15 Å². The number of carbonyl (C=O) groups excluding carboxylic acids is 1. The molecule has 1 unspecified atom stereocenters. The van der Waals surface area contributed by atoms with Crippen LogP contribution in [0.5, 0.6) is 0 Å². The van der Waals surface area contributed by atoms with Gasteiger partial charge in [-0.25, -0.2) is 4.98 Å². The maximum absolute atomic E-state index is 14.5. The summed E-state index contributed by atoms with van der Waals surface area (Å²) in [6.45, 7) is 2.27. The number of amides is 1. The Kier molecular flexibility index (Phi) is 6.83. The second kappa shape index (κ2) is 10.1. The molecule has 1 spiro atoms. The van der Waals surface area contributed by atoms with E-state index >= 15 is 0 Å². The van der Waals surface area contributed by atoms with Crippen molar-refractivity contribution in [2.75, 3.05) is 19.6 Å². The van der Waals surface area contributed by atoms with E-state index in [-0.39, 0.29) is 11.3 Å². The summed E-state index contributed by atoms with van der Waals surface area (Å²) in [5.41, 5.74) is 2.78. The summed E-state index contributed by atoms with van der Waals surface area (Å²) in [7, 11) is 0. The molecule has 2 aliphatic heterocycles. The van der Waals surface area contributed by atoms with Crippen LogP contribution in [-0.2, 0) is 10.2 Å². The van der Waals surface area contributed by atoms with E-state index in [2.05, 4.69) is 45.5 Å². The van der Waals surface area contributed by atoms with Crippen LogP contribution < -0.4 is 5.32 Å². The molecular weight excluding hydrogens is 470 g/mol. The van der Waals surface area contributed by atoms with E-state index in [1.165, 1.54) is 37.7 Å². The third-order valence-corrected chi connectivity index (χ3v) is 9.96. The van der Waals surface area contributed by atoms with Gasteiger partial charge >= 0.3 is 0 Å². The van der Waals surface area contributed by atoms with Crippen molar-refractivity contribution in [3.8, 4) is 0 Å². The molecule has 1 saturated carbocycles. The Morgan fingerprint density at radius 2 is 1.86 bits per heavy atom. The van der Waals surface area contributed by atoms with Crippen LogP contribution in [0, 0.1) is 11.8 Å². The number of nitrogens with zero attached hydrogens (tertiary/aromatic N) is 2. The number of rotatable bonds is 3. The normalized spacial score (nSPS) is 33.0. The van der Waals surface area contributed by atoms with Crippen LogP contribution in [0.3, 0.4) is 0 Å². The van der Waals surface area contributed by atoms with E-state index in [1.54, 1.807) is 0 Å². The molecule has 2 N–H and O–H groups in total. The zero-order chi connectivity index (χ0) is 24.7. The van der Waals surface area contributed by atoms with Gasteiger partial charge in [0.25, 0.3) is 0 Å². The SMILES string of the molecule is O=C([C@@H]1CNC[C@]12CCC(O)c1nc(Cl)ccc12)N1CC[C@@H](c2ccccc2)C[C@H]1C1CCCCC1. The van der Waals surface area contributed by atoms with Crippen molar-refractivity contribution in [3.63, 3.8) is 0 Å². The lowest BCUT2D eigenvalue weighted by molar-refractivity contribution is -0.143. The Morgan fingerprint density at radius 3 is 2.67 bits per heavy atom. The zero-order valence-electron chi connectivity index (χ0n) is 21.0. The average Bonchev–Trinajstić information content (AvgIpc) is 3.35. The summed E-state index contributed by atoms with van der Waals surface area (Å²) >= 11 is 6.21. The molecule has 2 aliphatic carbocycles. The summed E-state index contributed by atoms with van der Waals surface area (Å²) in [5, 5.41) is 14.7. The molecule has 1 aromatic carbocycles. The van der Waals surface area contributed by atoms with Crippen molar-refractivity contribution in [2.24, 2.45) is 11.8 Å². The fraction of sp³-hybridized carbons (Fsp3) is 0.600. The molecule has 192 valence electrons. The highest BCUT2D eigenvalue weighted by Gasteiger charge is 2.54. The van der Waals surface area contributed by atoms with Crippen molar-refractivity contribution >= 4 is 17.5 Å². The number of fused-ring (bicyclic) bond motifs is 2. The fourth-order valence-electron chi connectivity index (χ4n) is 7.88. The average molecular weight is 508 g/mol. The fourth-order valence-corrected chi connectivity index (χ4v) is 8.04. The molecular formula is C30H38ClN3O2. The molecule has 0 bridgehead atoms. The quantitative estimate of drug-likeness (QED) is 0.548. The molecule has 2 saturated heterocycles. The van der Waals surface area contributed by atoms with Crippen LogP contribution in [0.2, 0.25) is 5.15 Å². The van der Waals surface area contributed by atoms with E-state index in [0.29, 0.717) is 47.6 Å². The molecule has 6 heteroatoms. The van der Waals surface area contributed by atoms with Gasteiger partial charge in [-0.1, -0.05) is 67.3 Å². The maximum atomic E-state index is 14.5. The third kappa shape index (κ3) is 4.27. The minimum absolute atomic E-state index is 0.133. The highest BCUT2D eigenvalue weighted by molar-refractivity contribution is 6.29. The van der Waals surface area contributed by atoms with Gasteiger partial charge in [0.2, 0.25) is 5.91 Å². The highest BCUT2D eigenvalue weighted by Crippen LogP contribution is 2.49. The smallest absolute Gasteiger partial charge is 0.228 e. The Bertz CT molecular complexity index is 1090. The van der Waals surface area contributed by atoms with Crippen LogP contribution in [0.1, 0.15) is 86.6 Å². The number of hydrogen-bond donors (Lipinski definition) is 2. The van der Waals surface area contributed by atoms with Crippen LogP contribution in [0.15, 0.2) is 42.5 Å². The molecule has 5 atom stereocenters. The van der Waals surface area contributed by atoms with Crippen molar-refractivity contribution in [1.29, 1.82) is 0 Å². The van der Waals surface area contributed by atoms with E-state index in [1.807, 2.05) is 12.1 Å². The number of pyridine rings is 1. The Labute approximate surface area is 219 Å². The van der Waals surface area contributed by atoms with Crippen molar-refractivity contribution in [3.05, 3.63) is 64.4 Å². The lowest BCUT2D eigenvalue weighted by atomic mass is 9.64. The number of piperidine rings is 1. The molecule has 2 aromatic rings. The van der Waals surface area contributed by atoms with E-state index < -0.39 is 6.10 Å². The van der Waals surface area contributed by atoms with Gasteiger partial charge in [-0.15, -0.1) is 0 Å². The molecule has 36 heavy (non-hydrogen) atoms. The predicted octanol–water partition coefficient (Wildman–Crippen LogP) is 5.37. The summed E-state index contributed by atoms with van der Waals surface area (Å²) in [5.74, 6) is 1.29. The second-order valence-corrected chi connectivity index (χ2v) is 12.0. The first-order valence-corrected chi connectivity index (χ1v) is 14.4. The Balaban J connectivity index is 1.31. The lowest BCUT2D eigenvalue weighted by Gasteiger charge is -2.48. The topological polar surface area (TPSA) is 65.5 Å². The third-order valence-electron chi connectivity index (χ3n) is 9.75. The van der Waals surface area contributed by atoms with Gasteiger partial charge in [-0.3, -0.25) is 4.79 Å². The lowest BCUT2D eigenvalue weighted by Crippen LogP contribution is -2.55. The number of benzene rings is 1. The zero-order valence-corrected chi connectivity index (χ0v) is 21.8. The number of aliphatic hydroxyl groups excluding tert-OH is 1. The molecule has 6 rings (SSSR count). The summed E-state index contributed by atoms with van der Waals surface area (Å²) in [6, 6.07) is 15.0. The number of carbonyl (C=O) groups is 1. The molecule has 3 fully saturated rings. The van der Waals surface area contributed by atoms with Gasteiger partial charge in [-0.2, -0.15) is 0 Å². The Morgan fingerprint density at radius 1 is 1.06 bits per heavy atom. The monoisotopic (exact) mass is 507 g/mol. The van der Waals surface area contributed by atoms with Crippen molar-refractivity contribution in [1.82, 2.24) is 15.2 Å². The largest absolute Gasteiger partial charge is 0.387 e.